The SMILES string of the molecule is CC(C)C[C@H](NC(=O)[C@H](CC(N)=O)CC(=O)CC1c2ccccc2-c2ccccc21)B1O[C@@H]2C[C@@H]3C[C@@H](C3(C)C)[C@]2(C)O1. The van der Waals surface area contributed by atoms with Gasteiger partial charge in [0.2, 0.25) is 11.8 Å². The fourth-order valence-electron chi connectivity index (χ4n) is 8.68. The molecule has 7 rings (SSSR count). The normalized spacial score (nSPS) is 28.0. The van der Waals surface area contributed by atoms with E-state index in [9.17, 15) is 14.4 Å². The Bertz CT molecular complexity index is 1380. The Morgan fingerprint density at radius 1 is 0.977 bits per heavy atom. The van der Waals surface area contributed by atoms with Gasteiger partial charge in [-0.3, -0.25) is 14.4 Å². The van der Waals surface area contributed by atoms with Gasteiger partial charge in [0.05, 0.1) is 23.6 Å². The number of nitrogens with one attached hydrogen (secondary N) is 1. The highest BCUT2D eigenvalue weighted by Gasteiger charge is 2.68. The van der Waals surface area contributed by atoms with Gasteiger partial charge in [0.25, 0.3) is 0 Å². The van der Waals surface area contributed by atoms with Crippen molar-refractivity contribution in [2.75, 3.05) is 0 Å². The molecule has 2 bridgehead atoms. The molecule has 2 aromatic carbocycles. The first-order valence-corrected chi connectivity index (χ1v) is 16.0. The van der Waals surface area contributed by atoms with E-state index in [1.54, 1.807) is 0 Å². The van der Waals surface area contributed by atoms with Crippen LogP contribution in [0, 0.1) is 29.1 Å². The number of nitrogens with two attached hydrogens (primary N) is 1. The number of fused-ring (bicyclic) bond motifs is 3. The average Bonchev–Trinajstić information content (AvgIpc) is 3.47. The summed E-state index contributed by atoms with van der Waals surface area (Å²) < 4.78 is 13.2. The van der Waals surface area contributed by atoms with Crippen LogP contribution in [0.4, 0.5) is 0 Å². The molecule has 4 aliphatic carbocycles. The van der Waals surface area contributed by atoms with Crippen LogP contribution < -0.4 is 11.1 Å². The number of benzene rings is 2. The fourth-order valence-corrected chi connectivity index (χ4v) is 8.68. The molecule has 3 saturated carbocycles. The Hall–Kier alpha value is -2.97. The van der Waals surface area contributed by atoms with Crippen molar-refractivity contribution in [3.05, 3.63) is 59.7 Å². The van der Waals surface area contributed by atoms with Gasteiger partial charge >= 0.3 is 7.12 Å². The Balaban J connectivity index is 1.16. The van der Waals surface area contributed by atoms with Crippen molar-refractivity contribution in [1.29, 1.82) is 0 Å². The van der Waals surface area contributed by atoms with E-state index in [1.807, 2.05) is 24.3 Å². The summed E-state index contributed by atoms with van der Waals surface area (Å²) in [6.45, 7) is 11.0. The maximum absolute atomic E-state index is 13.8. The fraction of sp³-hybridized carbons (Fsp3) is 0.571. The standard InChI is InChI=1S/C35H45BN2O5/c1-20(2)14-31(36-42-30-18-22-17-29(34(22,3)4)35(30,5)43-36)38-33(41)21(16-32(37)40)15-23(39)19-28-26-12-8-6-10-24(26)25-11-7-9-13-27(25)28/h6-13,20-22,28-31H,14-19H2,1-5H3,(H2,37,40)(H,38,41)/t21-,22-,29-,30+,31-,35-/m0/s1. The summed E-state index contributed by atoms with van der Waals surface area (Å²) in [5.41, 5.74) is 9.95. The molecule has 0 spiro atoms. The lowest BCUT2D eigenvalue weighted by Gasteiger charge is -2.64. The molecular weight excluding hydrogens is 539 g/mol. The number of hydrogen-bond donors (Lipinski definition) is 2. The minimum Gasteiger partial charge on any atom is -0.404 e. The third-order valence-electron chi connectivity index (χ3n) is 11.0. The molecule has 8 heteroatoms. The van der Waals surface area contributed by atoms with Crippen LogP contribution in [0.3, 0.4) is 0 Å². The number of carbonyl (C=O) groups excluding carboxylic acids is 3. The Morgan fingerprint density at radius 2 is 1.60 bits per heavy atom. The summed E-state index contributed by atoms with van der Waals surface area (Å²) in [6, 6.07) is 16.3. The van der Waals surface area contributed by atoms with Crippen molar-refractivity contribution in [2.45, 2.75) is 96.7 Å². The van der Waals surface area contributed by atoms with Gasteiger partial charge in [-0.05, 0) is 71.6 Å². The smallest absolute Gasteiger partial charge is 0.404 e. The summed E-state index contributed by atoms with van der Waals surface area (Å²) >= 11 is 0. The second-order valence-corrected chi connectivity index (χ2v) is 14.6. The molecule has 4 fully saturated rings. The van der Waals surface area contributed by atoms with Gasteiger partial charge in [0.1, 0.15) is 5.78 Å². The second kappa shape index (κ2) is 11.2. The van der Waals surface area contributed by atoms with Crippen molar-refractivity contribution in [3.8, 4) is 11.1 Å². The summed E-state index contributed by atoms with van der Waals surface area (Å²) in [7, 11) is -0.576. The second-order valence-electron chi connectivity index (χ2n) is 14.6. The van der Waals surface area contributed by atoms with Crippen molar-refractivity contribution in [2.24, 2.45) is 34.8 Å². The third-order valence-corrected chi connectivity index (χ3v) is 11.0. The molecular formula is C35H45BN2O5. The lowest BCUT2D eigenvalue weighted by Crippen LogP contribution is -2.65. The predicted octanol–water partition coefficient (Wildman–Crippen LogP) is 5.44. The first kappa shape index (κ1) is 30.1. The Morgan fingerprint density at radius 3 is 2.19 bits per heavy atom. The van der Waals surface area contributed by atoms with Gasteiger partial charge in [0, 0.05) is 25.2 Å². The van der Waals surface area contributed by atoms with Crippen molar-refractivity contribution < 1.29 is 23.7 Å². The van der Waals surface area contributed by atoms with Crippen molar-refractivity contribution >= 4 is 24.7 Å². The first-order valence-electron chi connectivity index (χ1n) is 16.0. The lowest BCUT2D eigenvalue weighted by atomic mass is 9.43. The van der Waals surface area contributed by atoms with Crippen LogP contribution in [0.1, 0.15) is 90.2 Å². The number of rotatable bonds is 11. The van der Waals surface area contributed by atoms with Gasteiger partial charge in [0.15, 0.2) is 0 Å². The molecule has 0 unspecified atom stereocenters. The molecule has 7 nitrogen and oxygen atoms in total. The molecule has 2 amide bonds. The van der Waals surface area contributed by atoms with Crippen LogP contribution in [-0.4, -0.2) is 42.4 Å². The van der Waals surface area contributed by atoms with Crippen LogP contribution in [0.15, 0.2) is 48.5 Å². The third kappa shape index (κ3) is 5.35. The summed E-state index contributed by atoms with van der Waals surface area (Å²) in [4.78, 5) is 39.4. The molecule has 0 radical (unpaired) electrons. The number of primary amides is 1. The maximum Gasteiger partial charge on any atom is 0.481 e. The van der Waals surface area contributed by atoms with Gasteiger partial charge in [-0.25, -0.2) is 0 Å². The number of ketones is 1. The lowest BCUT2D eigenvalue weighted by molar-refractivity contribution is -0.199. The van der Waals surface area contributed by atoms with Gasteiger partial charge in [-0.2, -0.15) is 0 Å². The highest BCUT2D eigenvalue weighted by atomic mass is 16.7. The number of hydrogen-bond acceptors (Lipinski definition) is 5. The van der Waals surface area contributed by atoms with Crippen LogP contribution >= 0.6 is 0 Å². The average molecular weight is 585 g/mol. The zero-order valence-electron chi connectivity index (χ0n) is 26.1. The van der Waals surface area contributed by atoms with E-state index in [2.05, 4.69) is 64.2 Å². The van der Waals surface area contributed by atoms with Crippen LogP contribution in [-0.2, 0) is 23.7 Å². The van der Waals surface area contributed by atoms with E-state index in [1.165, 1.54) is 0 Å². The van der Waals surface area contributed by atoms with Gasteiger partial charge in [-0.15, -0.1) is 0 Å². The minimum atomic E-state index is -0.849. The van der Waals surface area contributed by atoms with Crippen LogP contribution in [0.25, 0.3) is 11.1 Å². The topological polar surface area (TPSA) is 108 Å². The van der Waals surface area contributed by atoms with E-state index in [-0.39, 0.29) is 59.9 Å². The van der Waals surface area contributed by atoms with E-state index in [0.29, 0.717) is 18.3 Å². The van der Waals surface area contributed by atoms with Crippen molar-refractivity contribution in [3.63, 3.8) is 0 Å². The molecule has 2 aromatic rings. The van der Waals surface area contributed by atoms with E-state index < -0.39 is 24.9 Å². The summed E-state index contributed by atoms with van der Waals surface area (Å²) in [6.07, 6.45) is 2.80. The quantitative estimate of drug-likeness (QED) is 0.342. The van der Waals surface area contributed by atoms with Gasteiger partial charge in [-0.1, -0.05) is 76.2 Å². The molecule has 0 aromatic heterocycles. The Kier molecular flexibility index (Phi) is 7.83. The van der Waals surface area contributed by atoms with Crippen LogP contribution in [0.5, 0.6) is 0 Å². The molecule has 1 aliphatic heterocycles. The number of Topliss-reactive ketones (excluding diaryl/α,β-unsaturated/α-hetero) is 1. The van der Waals surface area contributed by atoms with E-state index in [0.717, 1.165) is 35.1 Å². The predicted molar refractivity (Wildman–Crippen MR) is 167 cm³/mol. The maximum atomic E-state index is 13.8. The van der Waals surface area contributed by atoms with Crippen LogP contribution in [0.2, 0.25) is 0 Å². The molecule has 228 valence electrons. The number of carbonyl (C=O) groups is 3. The monoisotopic (exact) mass is 584 g/mol. The highest BCUT2D eigenvalue weighted by Crippen LogP contribution is 2.65. The van der Waals surface area contributed by atoms with E-state index in [4.69, 9.17) is 15.0 Å². The largest absolute Gasteiger partial charge is 0.481 e. The van der Waals surface area contributed by atoms with E-state index >= 15 is 0 Å². The molecule has 6 atom stereocenters. The minimum absolute atomic E-state index is 0.000926. The van der Waals surface area contributed by atoms with Gasteiger partial charge < -0.3 is 20.4 Å². The highest BCUT2D eigenvalue weighted by molar-refractivity contribution is 6.47. The summed E-state index contributed by atoms with van der Waals surface area (Å²) in [5.74, 6) is -1.02. The zero-order valence-corrected chi connectivity index (χ0v) is 26.1. The molecule has 1 saturated heterocycles. The molecule has 43 heavy (non-hydrogen) atoms. The first-order chi connectivity index (χ1) is 20.4. The molecule has 3 N–H and O–H groups in total. The molecule has 5 aliphatic rings. The number of amides is 2. The Labute approximate surface area is 255 Å². The zero-order chi connectivity index (χ0) is 30.7. The summed E-state index contributed by atoms with van der Waals surface area (Å²) in [5, 5.41) is 3.15. The van der Waals surface area contributed by atoms with Crippen molar-refractivity contribution in [1.82, 2.24) is 5.32 Å². The molecule has 1 heterocycles.